The maximum atomic E-state index is 13.4. The fraction of sp³-hybridized carbons (Fsp3) is 0.643. The molecule has 1 fully saturated rings. The highest BCUT2D eigenvalue weighted by molar-refractivity contribution is 5.93. The molecule has 0 saturated carbocycles. The summed E-state index contributed by atoms with van der Waals surface area (Å²) in [5, 5.41) is 6.63. The average molecular weight is 486 g/mol. The molecule has 0 spiro atoms. The summed E-state index contributed by atoms with van der Waals surface area (Å²) in [5.41, 5.74) is 1.23. The number of piperidine rings is 1. The van der Waals surface area contributed by atoms with E-state index in [1.807, 2.05) is 34.9 Å². The number of likely N-dealkylation sites (tertiary alicyclic amines) is 1. The maximum absolute atomic E-state index is 13.4. The highest BCUT2D eigenvalue weighted by atomic mass is 16.5. The summed E-state index contributed by atoms with van der Waals surface area (Å²) in [7, 11) is 4.21. The van der Waals surface area contributed by atoms with E-state index < -0.39 is 0 Å². The second-order valence-corrected chi connectivity index (χ2v) is 9.85. The first-order valence-electron chi connectivity index (χ1n) is 13.0. The van der Waals surface area contributed by atoms with Crippen molar-refractivity contribution in [3.63, 3.8) is 0 Å². The summed E-state index contributed by atoms with van der Waals surface area (Å²) >= 11 is 0. The fourth-order valence-corrected chi connectivity index (χ4v) is 5.00. The Bertz CT molecular complexity index is 782. The number of urea groups is 1. The molecule has 196 valence electrons. The maximum Gasteiger partial charge on any atom is 0.320 e. The van der Waals surface area contributed by atoms with Crippen molar-refractivity contribution in [2.75, 3.05) is 53.4 Å². The van der Waals surface area contributed by atoms with Gasteiger partial charge in [-0.3, -0.25) is 9.91 Å². The fourth-order valence-electron chi connectivity index (χ4n) is 5.00. The molecule has 2 aliphatic rings. The van der Waals surface area contributed by atoms with Gasteiger partial charge in [-0.15, -0.1) is 6.58 Å². The van der Waals surface area contributed by atoms with Gasteiger partial charge in [0.1, 0.15) is 12.8 Å². The van der Waals surface area contributed by atoms with Crippen molar-refractivity contribution >= 4 is 11.7 Å². The molecule has 1 saturated heterocycles. The van der Waals surface area contributed by atoms with Crippen LogP contribution in [0.25, 0.3) is 0 Å². The Kier molecular flexibility index (Phi) is 11.6. The molecule has 0 aromatic rings. The lowest BCUT2D eigenvalue weighted by Gasteiger charge is -2.46. The van der Waals surface area contributed by atoms with Gasteiger partial charge in [-0.25, -0.2) is 4.79 Å². The molecule has 0 aliphatic carbocycles. The van der Waals surface area contributed by atoms with Crippen molar-refractivity contribution in [3.8, 4) is 0 Å². The largest absolute Gasteiger partial charge is 0.500 e. The first-order valence-corrected chi connectivity index (χ1v) is 13.0. The van der Waals surface area contributed by atoms with Crippen LogP contribution in [0.2, 0.25) is 0 Å². The third kappa shape index (κ3) is 8.27. The van der Waals surface area contributed by atoms with Crippen molar-refractivity contribution in [1.29, 1.82) is 0 Å². The van der Waals surface area contributed by atoms with Crippen molar-refractivity contribution in [3.05, 3.63) is 49.8 Å². The molecule has 0 radical (unpaired) electrons. The van der Waals surface area contributed by atoms with Crippen LogP contribution in [0.3, 0.4) is 0 Å². The number of carbonyl (C=O) groups excluding carboxylic acids is 1. The molecule has 2 atom stereocenters. The van der Waals surface area contributed by atoms with Crippen LogP contribution in [0.4, 0.5) is 4.79 Å². The smallest absolute Gasteiger partial charge is 0.320 e. The Morgan fingerprint density at radius 1 is 1.34 bits per heavy atom. The van der Waals surface area contributed by atoms with Crippen LogP contribution in [0.15, 0.2) is 54.9 Å². The van der Waals surface area contributed by atoms with Crippen molar-refractivity contribution in [2.24, 2.45) is 16.4 Å². The first-order chi connectivity index (χ1) is 16.8. The molecule has 2 rings (SSSR count). The van der Waals surface area contributed by atoms with Crippen LogP contribution < -0.4 is 0 Å². The number of hydrazone groups is 1. The van der Waals surface area contributed by atoms with E-state index in [2.05, 4.69) is 68.4 Å². The van der Waals surface area contributed by atoms with Gasteiger partial charge in [-0.05, 0) is 63.1 Å². The molecule has 0 aromatic carbocycles. The highest BCUT2D eigenvalue weighted by Gasteiger charge is 2.37. The van der Waals surface area contributed by atoms with Gasteiger partial charge in [0.2, 0.25) is 0 Å². The Hall–Kier alpha value is -2.54. The number of amides is 2. The number of likely N-dealkylation sites (N-methyl/N-ethyl adjacent to an activating group) is 2. The van der Waals surface area contributed by atoms with Gasteiger partial charge in [0, 0.05) is 33.2 Å². The molecule has 7 nitrogen and oxygen atoms in total. The minimum absolute atomic E-state index is 0.0896. The molecule has 35 heavy (non-hydrogen) atoms. The van der Waals surface area contributed by atoms with Gasteiger partial charge in [0.25, 0.3) is 0 Å². The number of carbonyl (C=O) groups is 1. The predicted octanol–water partition coefficient (Wildman–Crippen LogP) is 4.96. The van der Waals surface area contributed by atoms with Crippen molar-refractivity contribution < 1.29 is 9.53 Å². The quantitative estimate of drug-likeness (QED) is 0.210. The first kappa shape index (κ1) is 28.7. The van der Waals surface area contributed by atoms with E-state index in [9.17, 15) is 4.79 Å². The molecule has 7 heteroatoms. The topological polar surface area (TPSA) is 51.6 Å². The molecule has 0 bridgehead atoms. The van der Waals surface area contributed by atoms with Gasteiger partial charge in [-0.1, -0.05) is 38.7 Å². The summed E-state index contributed by atoms with van der Waals surface area (Å²) in [5.74, 6) is 0.334. The van der Waals surface area contributed by atoms with E-state index in [-0.39, 0.29) is 17.6 Å². The average Bonchev–Trinajstić information content (AvgIpc) is 2.85. The zero-order chi connectivity index (χ0) is 25.8. The van der Waals surface area contributed by atoms with Crippen LogP contribution in [0, 0.1) is 11.3 Å². The van der Waals surface area contributed by atoms with Crippen molar-refractivity contribution in [1.82, 2.24) is 19.7 Å². The minimum atomic E-state index is 0.0896. The van der Waals surface area contributed by atoms with Crippen LogP contribution in [0.5, 0.6) is 0 Å². The summed E-state index contributed by atoms with van der Waals surface area (Å²) < 4.78 is 5.33. The Morgan fingerprint density at radius 3 is 2.63 bits per heavy atom. The van der Waals surface area contributed by atoms with E-state index in [0.29, 0.717) is 25.6 Å². The number of ether oxygens (including phenoxy) is 1. The third-order valence-electron chi connectivity index (χ3n) is 7.44. The molecule has 0 aromatic heterocycles. The van der Waals surface area contributed by atoms with Gasteiger partial charge < -0.3 is 14.5 Å². The number of hydrogen-bond acceptors (Lipinski definition) is 5. The lowest BCUT2D eigenvalue weighted by molar-refractivity contribution is 0.0316. The Morgan fingerprint density at radius 2 is 2.06 bits per heavy atom. The van der Waals surface area contributed by atoms with E-state index >= 15 is 0 Å². The molecule has 0 N–H and O–H groups in total. The second-order valence-electron chi connectivity index (χ2n) is 9.85. The van der Waals surface area contributed by atoms with Crippen LogP contribution >= 0.6 is 0 Å². The van der Waals surface area contributed by atoms with Gasteiger partial charge in [0.15, 0.2) is 0 Å². The normalized spacial score (nSPS) is 20.6. The molecule has 2 aliphatic heterocycles. The van der Waals surface area contributed by atoms with E-state index in [1.165, 1.54) is 6.26 Å². The lowest BCUT2D eigenvalue weighted by Crippen LogP contribution is -2.53. The summed E-state index contributed by atoms with van der Waals surface area (Å²) in [4.78, 5) is 19.7. The monoisotopic (exact) mass is 485 g/mol. The Labute approximate surface area is 213 Å². The van der Waals surface area contributed by atoms with Crippen LogP contribution in [0.1, 0.15) is 46.5 Å². The third-order valence-corrected chi connectivity index (χ3v) is 7.44. The van der Waals surface area contributed by atoms with Gasteiger partial charge >= 0.3 is 6.03 Å². The zero-order valence-corrected chi connectivity index (χ0v) is 22.7. The molecular formula is C28H47N5O2. The van der Waals surface area contributed by atoms with Crippen molar-refractivity contribution in [2.45, 2.75) is 52.6 Å². The number of rotatable bonds is 13. The number of nitrogens with zero attached hydrogens (tertiary/aromatic N) is 5. The standard InChI is InChI=1S/C28H47N5O2/c1-8-25(9-2)13-12-18-32(21-22-35-11-4)27(34)33-19-16-28(10-3,17-20-33)23-30(6)26-15-14-24(5)29-31(26)7/h8,11-15,25-26H,1,4,9-10,16-23H2,2-3,5-7H3/b13-12-. The molecular weight excluding hydrogens is 438 g/mol. The lowest BCUT2D eigenvalue weighted by atomic mass is 9.75. The second kappa shape index (κ2) is 14.1. The van der Waals surface area contributed by atoms with E-state index in [0.717, 1.165) is 51.0 Å². The minimum Gasteiger partial charge on any atom is -0.500 e. The number of hydrogen-bond donors (Lipinski definition) is 0. The van der Waals surface area contributed by atoms with E-state index in [1.54, 1.807) is 0 Å². The summed E-state index contributed by atoms with van der Waals surface area (Å²) in [6, 6.07) is 0.0896. The molecule has 2 unspecified atom stereocenters. The van der Waals surface area contributed by atoms with Gasteiger partial charge in [-0.2, -0.15) is 5.10 Å². The highest BCUT2D eigenvalue weighted by Crippen LogP contribution is 2.36. The SMILES string of the molecule is C=COCCN(C/C=C\C(C=C)CC)C(=O)N1CCC(CC)(CN(C)C2C=CC(C)=NN2C)CC1. The van der Waals surface area contributed by atoms with Crippen LogP contribution in [-0.2, 0) is 4.74 Å². The summed E-state index contributed by atoms with van der Waals surface area (Å²) in [6.07, 6.45) is 16.2. The number of allylic oxidation sites excluding steroid dienone is 3. The zero-order valence-electron chi connectivity index (χ0n) is 22.7. The van der Waals surface area contributed by atoms with E-state index in [4.69, 9.17) is 4.74 Å². The Balaban J connectivity index is 1.99. The molecule has 2 heterocycles. The predicted molar refractivity (Wildman–Crippen MR) is 146 cm³/mol. The van der Waals surface area contributed by atoms with Crippen LogP contribution in [-0.4, -0.2) is 91.0 Å². The molecule has 2 amide bonds. The van der Waals surface area contributed by atoms with Gasteiger partial charge in [0.05, 0.1) is 18.5 Å². The summed E-state index contributed by atoms with van der Waals surface area (Å²) in [6.45, 7) is 18.0.